The average molecular weight is 488 g/mol. The number of thioether (sulfide) groups is 1. The van der Waals surface area contributed by atoms with Gasteiger partial charge < -0.3 is 5.32 Å². The van der Waals surface area contributed by atoms with Crippen LogP contribution in [0.4, 0.5) is 5.00 Å². The summed E-state index contributed by atoms with van der Waals surface area (Å²) in [6, 6.07) is 10.0. The number of carbonyl (C=O) groups is 1. The van der Waals surface area contributed by atoms with Crippen molar-refractivity contribution >= 4 is 49.9 Å². The molecule has 0 saturated carbocycles. The number of aromatic nitrogens is 3. The van der Waals surface area contributed by atoms with Crippen LogP contribution in [-0.4, -0.2) is 26.8 Å². The van der Waals surface area contributed by atoms with Gasteiger partial charge in [-0.2, -0.15) is 5.26 Å². The van der Waals surface area contributed by atoms with E-state index in [1.54, 1.807) is 0 Å². The van der Waals surface area contributed by atoms with Gasteiger partial charge in [0, 0.05) is 14.9 Å². The van der Waals surface area contributed by atoms with Gasteiger partial charge >= 0.3 is 0 Å². The zero-order chi connectivity index (χ0) is 20.4. The highest BCUT2D eigenvalue weighted by Gasteiger charge is 2.24. The van der Waals surface area contributed by atoms with E-state index in [1.807, 2.05) is 24.3 Å². The fraction of sp³-hybridized carbons (Fsp3) is 0.300. The molecule has 1 aromatic carbocycles. The molecule has 0 bridgehead atoms. The van der Waals surface area contributed by atoms with E-state index in [0.29, 0.717) is 27.5 Å². The summed E-state index contributed by atoms with van der Waals surface area (Å²) >= 11 is 6.29. The van der Waals surface area contributed by atoms with E-state index in [-0.39, 0.29) is 11.7 Å². The number of nitriles is 1. The van der Waals surface area contributed by atoms with E-state index in [4.69, 9.17) is 0 Å². The first-order chi connectivity index (χ1) is 14.0. The molecule has 0 radical (unpaired) electrons. The second kappa shape index (κ2) is 8.69. The van der Waals surface area contributed by atoms with Gasteiger partial charge in [0.1, 0.15) is 11.1 Å². The number of fused-ring (bicyclic) bond motifs is 1. The molecule has 1 aliphatic carbocycles. The van der Waals surface area contributed by atoms with Crippen molar-refractivity contribution in [1.82, 2.24) is 15.2 Å². The Kier molecular flexibility index (Phi) is 6.04. The smallest absolute Gasteiger partial charge is 0.235 e. The number of hydrogen-bond acceptors (Lipinski definition) is 6. The Morgan fingerprint density at radius 3 is 3.10 bits per heavy atom. The van der Waals surface area contributed by atoms with Crippen molar-refractivity contribution in [3.05, 3.63) is 44.7 Å². The predicted molar refractivity (Wildman–Crippen MR) is 119 cm³/mol. The molecule has 148 valence electrons. The third-order valence-corrected chi connectivity index (χ3v) is 7.51. The molecule has 0 fully saturated rings. The number of thiophene rings is 1. The zero-order valence-corrected chi connectivity index (χ0v) is 18.9. The SMILES string of the molecule is CC1CCc2c(sc(NC(=O)CSc3n[nH]c(-c4ccccc4Br)n3)c2C#N)C1. The van der Waals surface area contributed by atoms with Crippen LogP contribution in [0.25, 0.3) is 11.4 Å². The fourth-order valence-corrected chi connectivity index (χ4v) is 5.78. The lowest BCUT2D eigenvalue weighted by Gasteiger charge is -2.17. The van der Waals surface area contributed by atoms with E-state index in [9.17, 15) is 10.1 Å². The monoisotopic (exact) mass is 487 g/mol. The van der Waals surface area contributed by atoms with Crippen LogP contribution < -0.4 is 5.32 Å². The van der Waals surface area contributed by atoms with Gasteiger partial charge in [0.25, 0.3) is 0 Å². The first-order valence-corrected chi connectivity index (χ1v) is 11.8. The van der Waals surface area contributed by atoms with Crippen molar-refractivity contribution < 1.29 is 4.79 Å². The molecular formula is C20H18BrN5OS2. The highest BCUT2D eigenvalue weighted by molar-refractivity contribution is 9.10. The second-order valence-electron chi connectivity index (χ2n) is 6.95. The van der Waals surface area contributed by atoms with Crippen LogP contribution in [0.15, 0.2) is 33.9 Å². The minimum Gasteiger partial charge on any atom is -0.316 e. The molecular weight excluding hydrogens is 470 g/mol. The molecule has 2 heterocycles. The highest BCUT2D eigenvalue weighted by Crippen LogP contribution is 2.39. The number of amides is 1. The third-order valence-electron chi connectivity index (χ3n) is 4.80. The number of nitrogens with zero attached hydrogens (tertiary/aromatic N) is 3. The van der Waals surface area contributed by atoms with Crippen molar-refractivity contribution in [3.63, 3.8) is 0 Å². The molecule has 9 heteroatoms. The molecule has 2 N–H and O–H groups in total. The topological polar surface area (TPSA) is 94.5 Å². The summed E-state index contributed by atoms with van der Waals surface area (Å²) in [4.78, 5) is 18.1. The molecule has 4 rings (SSSR count). The quantitative estimate of drug-likeness (QED) is 0.492. The summed E-state index contributed by atoms with van der Waals surface area (Å²) in [5.41, 5.74) is 2.66. The Hall–Kier alpha value is -2.15. The molecule has 0 saturated heterocycles. The standard InChI is InChI=1S/C20H18BrN5OS2/c1-11-6-7-12-14(9-22)19(29-16(12)8-11)23-17(27)10-28-20-24-18(25-26-20)13-4-2-3-5-15(13)21/h2-5,11H,6-8,10H2,1H3,(H,23,27)(H,24,25,26). The van der Waals surface area contributed by atoms with Gasteiger partial charge in [0.05, 0.1) is 11.3 Å². The van der Waals surface area contributed by atoms with E-state index in [2.05, 4.69) is 49.4 Å². The summed E-state index contributed by atoms with van der Waals surface area (Å²) < 4.78 is 0.922. The van der Waals surface area contributed by atoms with Crippen molar-refractivity contribution in [2.45, 2.75) is 31.3 Å². The maximum atomic E-state index is 12.5. The molecule has 3 aromatic rings. The number of H-pyrrole nitrogens is 1. The normalized spacial score (nSPS) is 15.6. The van der Waals surface area contributed by atoms with Crippen LogP contribution in [0.3, 0.4) is 0 Å². The summed E-state index contributed by atoms with van der Waals surface area (Å²) in [5.74, 6) is 1.28. The Labute approximate surface area is 185 Å². The van der Waals surface area contributed by atoms with Crippen molar-refractivity contribution in [1.29, 1.82) is 5.26 Å². The number of benzene rings is 1. The number of hydrogen-bond donors (Lipinski definition) is 2. The van der Waals surface area contributed by atoms with Crippen LogP contribution in [0.5, 0.6) is 0 Å². The molecule has 1 amide bonds. The summed E-state index contributed by atoms with van der Waals surface area (Å²) in [6.45, 7) is 2.22. The average Bonchev–Trinajstić information content (AvgIpc) is 3.30. The molecule has 6 nitrogen and oxygen atoms in total. The predicted octanol–water partition coefficient (Wildman–Crippen LogP) is 5.02. The molecule has 1 atom stereocenters. The van der Waals surface area contributed by atoms with E-state index >= 15 is 0 Å². The number of rotatable bonds is 5. The van der Waals surface area contributed by atoms with E-state index < -0.39 is 0 Å². The summed E-state index contributed by atoms with van der Waals surface area (Å²) in [7, 11) is 0. The molecule has 0 spiro atoms. The first-order valence-electron chi connectivity index (χ1n) is 9.19. The van der Waals surface area contributed by atoms with Gasteiger partial charge in [-0.15, -0.1) is 16.4 Å². The van der Waals surface area contributed by atoms with E-state index in [1.165, 1.54) is 28.0 Å². The minimum atomic E-state index is -0.162. The summed E-state index contributed by atoms with van der Waals surface area (Å²) in [5, 5.41) is 20.7. The van der Waals surface area contributed by atoms with E-state index in [0.717, 1.165) is 34.9 Å². The Morgan fingerprint density at radius 1 is 1.48 bits per heavy atom. The maximum absolute atomic E-state index is 12.5. The second-order valence-corrected chi connectivity index (χ2v) is 9.85. The van der Waals surface area contributed by atoms with Gasteiger partial charge in [-0.1, -0.05) is 52.8 Å². The lowest BCUT2D eigenvalue weighted by molar-refractivity contribution is -0.113. The maximum Gasteiger partial charge on any atom is 0.235 e. The Morgan fingerprint density at radius 2 is 2.31 bits per heavy atom. The zero-order valence-electron chi connectivity index (χ0n) is 15.7. The number of anilines is 1. The van der Waals surface area contributed by atoms with Crippen LogP contribution in [-0.2, 0) is 17.6 Å². The van der Waals surface area contributed by atoms with Crippen molar-refractivity contribution in [2.75, 3.05) is 11.1 Å². The lowest BCUT2D eigenvalue weighted by Crippen LogP contribution is -2.14. The number of carbonyl (C=O) groups excluding carboxylic acids is 1. The van der Waals surface area contributed by atoms with Gasteiger partial charge in [-0.05, 0) is 36.8 Å². The van der Waals surface area contributed by atoms with Gasteiger partial charge in [0.2, 0.25) is 11.1 Å². The number of aromatic amines is 1. The van der Waals surface area contributed by atoms with Crippen molar-refractivity contribution in [3.8, 4) is 17.5 Å². The van der Waals surface area contributed by atoms with Gasteiger partial charge in [-0.25, -0.2) is 4.98 Å². The molecule has 29 heavy (non-hydrogen) atoms. The first kappa shape index (κ1) is 20.1. The number of halogens is 1. The largest absolute Gasteiger partial charge is 0.316 e. The molecule has 2 aromatic heterocycles. The van der Waals surface area contributed by atoms with Gasteiger partial charge in [0.15, 0.2) is 5.82 Å². The van der Waals surface area contributed by atoms with Crippen LogP contribution in [0.1, 0.15) is 29.3 Å². The third kappa shape index (κ3) is 4.39. The molecule has 1 unspecified atom stereocenters. The van der Waals surface area contributed by atoms with Crippen molar-refractivity contribution in [2.24, 2.45) is 5.92 Å². The Balaban J connectivity index is 1.40. The Bertz CT molecular complexity index is 1100. The minimum absolute atomic E-state index is 0.162. The molecule has 1 aliphatic rings. The fourth-order valence-electron chi connectivity index (χ4n) is 3.33. The van der Waals surface area contributed by atoms with Crippen LogP contribution in [0.2, 0.25) is 0 Å². The number of nitrogens with one attached hydrogen (secondary N) is 2. The van der Waals surface area contributed by atoms with Gasteiger partial charge in [-0.3, -0.25) is 9.89 Å². The van der Waals surface area contributed by atoms with Crippen LogP contribution >= 0.6 is 39.0 Å². The van der Waals surface area contributed by atoms with Crippen LogP contribution in [0, 0.1) is 17.2 Å². The summed E-state index contributed by atoms with van der Waals surface area (Å²) in [6.07, 6.45) is 2.98. The molecule has 0 aliphatic heterocycles. The highest BCUT2D eigenvalue weighted by atomic mass is 79.9. The lowest BCUT2D eigenvalue weighted by atomic mass is 9.89.